The molecule has 1 fully saturated rings. The van der Waals surface area contributed by atoms with E-state index in [0.29, 0.717) is 19.6 Å². The van der Waals surface area contributed by atoms with Crippen LogP contribution in [0.1, 0.15) is 20.3 Å². The largest absolute Gasteiger partial charge is 0.398 e. The fourth-order valence-electron chi connectivity index (χ4n) is 2.16. The van der Waals surface area contributed by atoms with Crippen LogP contribution in [0.5, 0.6) is 0 Å². The maximum Gasteiger partial charge on any atom is 0.247 e. The van der Waals surface area contributed by atoms with Gasteiger partial charge in [-0.05, 0) is 19.4 Å². The molecule has 2 rings (SSSR count). The molecule has 6 nitrogen and oxygen atoms in total. The normalized spacial score (nSPS) is 25.4. The number of nitrogens with two attached hydrogens (primary N) is 1. The summed E-state index contributed by atoms with van der Waals surface area (Å²) < 4.78 is 32.3. The quantitative estimate of drug-likeness (QED) is 0.890. The van der Waals surface area contributed by atoms with E-state index in [0.717, 1.165) is 0 Å². The lowest BCUT2D eigenvalue weighted by Crippen LogP contribution is -2.51. The Hall–Kier alpha value is -1.18. The Morgan fingerprint density at radius 1 is 1.58 bits per heavy atom. The number of ether oxygens (including phenoxy) is 1. The highest BCUT2D eigenvalue weighted by Gasteiger charge is 2.36. The summed E-state index contributed by atoms with van der Waals surface area (Å²) in [6.07, 6.45) is 3.37. The number of aromatic nitrogens is 1. The number of nitrogens with zero attached hydrogens (tertiary/aromatic N) is 2. The summed E-state index contributed by atoms with van der Waals surface area (Å²) in [6, 6.07) is 1.35. The van der Waals surface area contributed by atoms with Crippen LogP contribution < -0.4 is 5.73 Å². The molecule has 7 heteroatoms. The van der Waals surface area contributed by atoms with Crippen molar-refractivity contribution in [2.75, 3.05) is 18.9 Å². The number of rotatable bonds is 3. The van der Waals surface area contributed by atoms with Crippen LogP contribution in [-0.2, 0) is 14.8 Å². The van der Waals surface area contributed by atoms with Gasteiger partial charge in [0.05, 0.1) is 18.4 Å². The van der Waals surface area contributed by atoms with Crippen molar-refractivity contribution in [3.05, 3.63) is 18.5 Å². The van der Waals surface area contributed by atoms with Crippen molar-refractivity contribution < 1.29 is 13.2 Å². The lowest BCUT2D eigenvalue weighted by Gasteiger charge is -2.37. The lowest BCUT2D eigenvalue weighted by molar-refractivity contribution is -0.0230. The van der Waals surface area contributed by atoms with Gasteiger partial charge in [0, 0.05) is 25.0 Å². The smallest absolute Gasteiger partial charge is 0.247 e. The van der Waals surface area contributed by atoms with Gasteiger partial charge >= 0.3 is 0 Å². The van der Waals surface area contributed by atoms with Crippen molar-refractivity contribution in [1.82, 2.24) is 9.29 Å². The molecular formula is C12H19N3O3S. The maximum absolute atomic E-state index is 12.7. The van der Waals surface area contributed by atoms with E-state index in [1.165, 1.54) is 22.8 Å². The highest BCUT2D eigenvalue weighted by Crippen LogP contribution is 2.26. The Kier molecular flexibility index (Phi) is 4.07. The molecule has 0 spiro atoms. The van der Waals surface area contributed by atoms with Crippen molar-refractivity contribution in [2.45, 2.75) is 37.3 Å². The number of hydrogen-bond acceptors (Lipinski definition) is 5. The van der Waals surface area contributed by atoms with Crippen LogP contribution in [0.15, 0.2) is 23.4 Å². The highest BCUT2D eigenvalue weighted by atomic mass is 32.2. The third kappa shape index (κ3) is 2.72. The molecule has 1 aliphatic heterocycles. The van der Waals surface area contributed by atoms with Gasteiger partial charge < -0.3 is 10.5 Å². The van der Waals surface area contributed by atoms with Crippen LogP contribution in [0.2, 0.25) is 0 Å². The number of pyridine rings is 1. The Morgan fingerprint density at radius 2 is 2.32 bits per heavy atom. The second-order valence-corrected chi connectivity index (χ2v) is 6.55. The number of sulfonamides is 1. The first-order chi connectivity index (χ1) is 8.96. The molecule has 106 valence electrons. The zero-order valence-electron chi connectivity index (χ0n) is 11.1. The van der Waals surface area contributed by atoms with Crippen molar-refractivity contribution in [3.63, 3.8) is 0 Å². The Morgan fingerprint density at radius 3 is 2.95 bits per heavy atom. The summed E-state index contributed by atoms with van der Waals surface area (Å²) >= 11 is 0. The molecule has 2 atom stereocenters. The molecule has 2 N–H and O–H groups in total. The van der Waals surface area contributed by atoms with Crippen LogP contribution in [-0.4, -0.2) is 43.0 Å². The van der Waals surface area contributed by atoms with Gasteiger partial charge in [-0.2, -0.15) is 4.31 Å². The molecule has 0 aromatic carbocycles. The Bertz CT molecular complexity index is 547. The summed E-state index contributed by atoms with van der Waals surface area (Å²) in [4.78, 5) is 3.93. The summed E-state index contributed by atoms with van der Waals surface area (Å²) in [6.45, 7) is 4.56. The number of morpholine rings is 1. The lowest BCUT2D eigenvalue weighted by atomic mass is 10.2. The van der Waals surface area contributed by atoms with Crippen LogP contribution in [0.25, 0.3) is 0 Å². The number of nitrogen functional groups attached to an aromatic ring is 1. The minimum atomic E-state index is -3.62. The van der Waals surface area contributed by atoms with Gasteiger partial charge in [-0.15, -0.1) is 0 Å². The van der Waals surface area contributed by atoms with Crippen LogP contribution in [0.3, 0.4) is 0 Å². The average Bonchev–Trinajstić information content (AvgIpc) is 2.39. The minimum absolute atomic E-state index is 0.0718. The van der Waals surface area contributed by atoms with Crippen LogP contribution >= 0.6 is 0 Å². The zero-order chi connectivity index (χ0) is 14.0. The third-order valence-electron chi connectivity index (χ3n) is 3.29. The van der Waals surface area contributed by atoms with Gasteiger partial charge in [-0.1, -0.05) is 6.92 Å². The van der Waals surface area contributed by atoms with Crippen molar-refractivity contribution in [2.24, 2.45) is 0 Å². The van der Waals surface area contributed by atoms with Crippen LogP contribution in [0.4, 0.5) is 5.69 Å². The second kappa shape index (κ2) is 5.44. The van der Waals surface area contributed by atoms with Crippen molar-refractivity contribution in [3.8, 4) is 0 Å². The molecule has 1 aliphatic rings. The zero-order valence-corrected chi connectivity index (χ0v) is 11.9. The van der Waals surface area contributed by atoms with E-state index >= 15 is 0 Å². The van der Waals surface area contributed by atoms with Gasteiger partial charge in [0.15, 0.2) is 0 Å². The first-order valence-corrected chi connectivity index (χ1v) is 7.73. The van der Waals surface area contributed by atoms with Gasteiger partial charge in [0.1, 0.15) is 4.90 Å². The molecule has 0 bridgehead atoms. The SMILES string of the molecule is CCC1COC(C)CN1S(=O)(=O)c1cnccc1N. The Labute approximate surface area is 113 Å². The van der Waals surface area contributed by atoms with Gasteiger partial charge in [0.2, 0.25) is 10.0 Å². The predicted octanol–water partition coefficient (Wildman–Crippen LogP) is 0.852. The molecule has 0 aliphatic carbocycles. The molecule has 0 saturated carbocycles. The van der Waals surface area contributed by atoms with Crippen molar-refractivity contribution in [1.29, 1.82) is 0 Å². The summed E-state index contributed by atoms with van der Waals surface area (Å²) in [5, 5.41) is 0. The Balaban J connectivity index is 2.40. The highest BCUT2D eigenvalue weighted by molar-refractivity contribution is 7.89. The minimum Gasteiger partial charge on any atom is -0.398 e. The molecule has 2 unspecified atom stereocenters. The molecule has 0 amide bonds. The number of anilines is 1. The van der Waals surface area contributed by atoms with E-state index in [-0.39, 0.29) is 22.7 Å². The fourth-order valence-corrected chi connectivity index (χ4v) is 3.98. The monoisotopic (exact) mass is 285 g/mol. The number of hydrogen-bond donors (Lipinski definition) is 1. The fraction of sp³-hybridized carbons (Fsp3) is 0.583. The van der Waals surface area contributed by atoms with Gasteiger partial charge in [-0.25, -0.2) is 8.42 Å². The van der Waals surface area contributed by atoms with Gasteiger partial charge in [0.25, 0.3) is 0 Å². The third-order valence-corrected chi connectivity index (χ3v) is 5.25. The molecular weight excluding hydrogens is 266 g/mol. The first kappa shape index (κ1) is 14.2. The molecule has 1 saturated heterocycles. The molecule has 1 aromatic heterocycles. The van der Waals surface area contributed by atoms with E-state index < -0.39 is 10.0 Å². The topological polar surface area (TPSA) is 85.5 Å². The van der Waals surface area contributed by atoms with Gasteiger partial charge in [-0.3, -0.25) is 4.98 Å². The summed E-state index contributed by atoms with van der Waals surface area (Å²) in [5.74, 6) is 0. The maximum atomic E-state index is 12.7. The molecule has 0 radical (unpaired) electrons. The molecule has 19 heavy (non-hydrogen) atoms. The van der Waals surface area contributed by atoms with E-state index in [1.54, 1.807) is 0 Å². The van der Waals surface area contributed by atoms with E-state index in [4.69, 9.17) is 10.5 Å². The van der Waals surface area contributed by atoms with Crippen LogP contribution in [0, 0.1) is 0 Å². The van der Waals surface area contributed by atoms with Crippen molar-refractivity contribution >= 4 is 15.7 Å². The first-order valence-electron chi connectivity index (χ1n) is 6.29. The van der Waals surface area contributed by atoms with E-state index in [1.807, 2.05) is 13.8 Å². The van der Waals surface area contributed by atoms with E-state index in [9.17, 15) is 8.42 Å². The molecule has 1 aromatic rings. The van der Waals surface area contributed by atoms with E-state index in [2.05, 4.69) is 4.98 Å². The second-order valence-electron chi connectivity index (χ2n) is 4.69. The summed E-state index contributed by atoms with van der Waals surface area (Å²) in [5.41, 5.74) is 5.98. The standard InChI is InChI=1S/C12H19N3O3S/c1-3-10-8-18-9(2)7-15(10)19(16,17)12-6-14-5-4-11(12)13/h4-6,9-10H,3,7-8H2,1-2H3,(H2,13,14). The summed E-state index contributed by atoms with van der Waals surface area (Å²) in [7, 11) is -3.62. The average molecular weight is 285 g/mol. The predicted molar refractivity (Wildman–Crippen MR) is 72.0 cm³/mol. The molecule has 2 heterocycles.